The van der Waals surface area contributed by atoms with Gasteiger partial charge in [-0.15, -0.1) is 0 Å². The van der Waals surface area contributed by atoms with Crippen molar-refractivity contribution in [2.24, 2.45) is 11.3 Å². The van der Waals surface area contributed by atoms with Gasteiger partial charge in [-0.2, -0.15) is 0 Å². The van der Waals surface area contributed by atoms with Gasteiger partial charge in [-0.3, -0.25) is 4.79 Å². The number of esters is 1. The minimum Gasteiger partial charge on any atom is -0.455 e. The first kappa shape index (κ1) is 14.1. The topological polar surface area (TPSA) is 118 Å². The predicted octanol–water partition coefficient (Wildman–Crippen LogP) is -1.62. The fourth-order valence-electron chi connectivity index (χ4n) is 2.68. The summed E-state index contributed by atoms with van der Waals surface area (Å²) in [6, 6.07) is 0. The van der Waals surface area contributed by atoms with Crippen molar-refractivity contribution in [1.29, 1.82) is 0 Å². The smallest absolute Gasteiger partial charge is 0.318 e. The van der Waals surface area contributed by atoms with Gasteiger partial charge in [0.05, 0.1) is 12.2 Å². The van der Waals surface area contributed by atoms with Crippen LogP contribution in [-0.2, 0) is 9.53 Å². The highest BCUT2D eigenvalue weighted by atomic mass is 16.6. The minimum atomic E-state index is -1.44. The van der Waals surface area contributed by atoms with Gasteiger partial charge in [0, 0.05) is 0 Å². The molecule has 1 aliphatic heterocycles. The Hall–Kier alpha value is -0.950. The largest absolute Gasteiger partial charge is 0.455 e. The monoisotopic (exact) mass is 246 g/mol. The third-order valence-corrected chi connectivity index (χ3v) is 3.69. The van der Waals surface area contributed by atoms with Gasteiger partial charge in [-0.05, 0) is 18.9 Å². The number of aliphatic hydroxyl groups is 3. The first-order valence-electron chi connectivity index (χ1n) is 5.36. The average molecular weight is 246 g/mol. The zero-order valence-corrected chi connectivity index (χ0v) is 9.70. The van der Waals surface area contributed by atoms with E-state index in [9.17, 15) is 20.1 Å². The molecule has 1 fully saturated rings. The highest BCUT2D eigenvalue weighted by Gasteiger charge is 2.65. The summed E-state index contributed by atoms with van der Waals surface area (Å²) in [5.74, 6) is -1.02. The number of carbonyl (C=O) groups excluding carboxylic acids is 1. The summed E-state index contributed by atoms with van der Waals surface area (Å²) in [6.07, 6.45) is -0.905. The fourth-order valence-corrected chi connectivity index (χ4v) is 2.68. The summed E-state index contributed by atoms with van der Waals surface area (Å²) in [7, 11) is 0. The predicted molar refractivity (Wildman–Crippen MR) is 57.9 cm³/mol. The number of hydrogen-bond acceptors (Lipinski definition) is 5. The Morgan fingerprint density at radius 2 is 2.00 bits per heavy atom. The maximum Gasteiger partial charge on any atom is 0.318 e. The molecule has 6 nitrogen and oxygen atoms in total. The van der Waals surface area contributed by atoms with Gasteiger partial charge in [-0.1, -0.05) is 13.0 Å². The number of fused-ring (bicyclic) bond motifs is 2. The standard InChI is InChI=1S/C11H16O5.H2O/c1-5-3-4-7-9(14)11(5,10(15)16-7)8(13)6(2)12;/h3-9,12-14H,1-2H3;1H2/t5-,6+,7+,8+,9+,11+;/m0./s1. The minimum absolute atomic E-state index is 0. The van der Waals surface area contributed by atoms with Crippen molar-refractivity contribution in [2.45, 2.75) is 38.3 Å². The molecule has 1 heterocycles. The molecule has 0 aromatic heterocycles. The van der Waals surface area contributed by atoms with E-state index in [0.29, 0.717) is 0 Å². The Morgan fingerprint density at radius 3 is 2.53 bits per heavy atom. The number of hydrogen-bond donors (Lipinski definition) is 3. The normalized spacial score (nSPS) is 42.6. The second kappa shape index (κ2) is 4.38. The zero-order chi connectivity index (χ0) is 12.1. The summed E-state index contributed by atoms with van der Waals surface area (Å²) in [5.41, 5.74) is -1.44. The van der Waals surface area contributed by atoms with Gasteiger partial charge in [-0.25, -0.2) is 0 Å². The SMILES string of the molecule is C[C@@H](O)[C@@H](O)[C@]12C(=O)O[C@H](C=C[C@@H]1C)[C@H]2O.O. The van der Waals surface area contributed by atoms with E-state index in [-0.39, 0.29) is 11.4 Å². The molecule has 2 rings (SSSR count). The second-order valence-corrected chi connectivity index (χ2v) is 4.61. The second-order valence-electron chi connectivity index (χ2n) is 4.61. The van der Waals surface area contributed by atoms with Crippen LogP contribution in [0.4, 0.5) is 0 Å². The van der Waals surface area contributed by atoms with Crippen molar-refractivity contribution >= 4 is 5.97 Å². The van der Waals surface area contributed by atoms with Crippen LogP contribution in [0.1, 0.15) is 13.8 Å². The molecule has 1 saturated heterocycles. The molecule has 0 amide bonds. The van der Waals surface area contributed by atoms with Crippen LogP contribution in [0.2, 0.25) is 0 Å². The number of rotatable bonds is 2. The lowest BCUT2D eigenvalue weighted by Crippen LogP contribution is -2.57. The van der Waals surface area contributed by atoms with Gasteiger partial charge >= 0.3 is 5.97 Å². The molecule has 6 atom stereocenters. The van der Waals surface area contributed by atoms with E-state index in [4.69, 9.17) is 4.74 Å². The van der Waals surface area contributed by atoms with Crippen LogP contribution >= 0.6 is 0 Å². The third kappa shape index (κ3) is 1.60. The Balaban J connectivity index is 0.00000144. The molecule has 0 aromatic rings. The maximum atomic E-state index is 11.9. The van der Waals surface area contributed by atoms with Gasteiger partial charge in [0.1, 0.15) is 17.6 Å². The Bertz CT molecular complexity index is 339. The first-order valence-corrected chi connectivity index (χ1v) is 5.36. The molecule has 0 saturated carbocycles. The van der Waals surface area contributed by atoms with E-state index in [1.54, 1.807) is 19.1 Å². The average Bonchev–Trinajstić information content (AvgIpc) is 2.37. The molecule has 6 heteroatoms. The molecule has 5 N–H and O–H groups in total. The molecule has 0 spiro atoms. The molecule has 0 unspecified atom stereocenters. The number of allylic oxidation sites excluding steroid dienone is 1. The summed E-state index contributed by atoms with van der Waals surface area (Å²) in [6.45, 7) is 3.10. The first-order chi connectivity index (χ1) is 7.42. The van der Waals surface area contributed by atoms with Gasteiger partial charge < -0.3 is 25.5 Å². The van der Waals surface area contributed by atoms with Gasteiger partial charge in [0.25, 0.3) is 0 Å². The van der Waals surface area contributed by atoms with Crippen molar-refractivity contribution in [3.8, 4) is 0 Å². The van der Waals surface area contributed by atoms with E-state index in [1.165, 1.54) is 6.92 Å². The van der Waals surface area contributed by atoms with Crippen LogP contribution in [0.3, 0.4) is 0 Å². The Labute approximate surface area is 98.8 Å². The highest BCUT2D eigenvalue weighted by molar-refractivity contribution is 5.83. The van der Waals surface area contributed by atoms with Crippen molar-refractivity contribution in [2.75, 3.05) is 0 Å². The molecule has 0 radical (unpaired) electrons. The third-order valence-electron chi connectivity index (χ3n) is 3.69. The lowest BCUT2D eigenvalue weighted by molar-refractivity contribution is -0.165. The van der Waals surface area contributed by atoms with Gasteiger partial charge in [0.15, 0.2) is 0 Å². The van der Waals surface area contributed by atoms with Crippen molar-refractivity contribution in [3.05, 3.63) is 12.2 Å². The van der Waals surface area contributed by atoms with Crippen LogP contribution in [0.25, 0.3) is 0 Å². The van der Waals surface area contributed by atoms with E-state index in [0.717, 1.165) is 0 Å². The molecular weight excluding hydrogens is 228 g/mol. The fraction of sp³-hybridized carbons (Fsp3) is 0.727. The van der Waals surface area contributed by atoms with Gasteiger partial charge in [0.2, 0.25) is 0 Å². The Morgan fingerprint density at radius 1 is 1.41 bits per heavy atom. The van der Waals surface area contributed by atoms with Crippen LogP contribution in [0.5, 0.6) is 0 Å². The number of carbonyl (C=O) groups is 1. The number of ether oxygens (including phenoxy) is 1. The van der Waals surface area contributed by atoms with Crippen LogP contribution in [-0.4, -0.2) is 51.2 Å². The maximum absolute atomic E-state index is 11.9. The van der Waals surface area contributed by atoms with Crippen LogP contribution in [0, 0.1) is 11.3 Å². The van der Waals surface area contributed by atoms with E-state index < -0.39 is 35.8 Å². The summed E-state index contributed by atoms with van der Waals surface area (Å²) < 4.78 is 5.00. The van der Waals surface area contributed by atoms with Crippen molar-refractivity contribution in [1.82, 2.24) is 0 Å². The molecule has 2 bridgehead atoms. The zero-order valence-electron chi connectivity index (χ0n) is 9.70. The van der Waals surface area contributed by atoms with Crippen LogP contribution < -0.4 is 0 Å². The highest BCUT2D eigenvalue weighted by Crippen LogP contribution is 2.48. The van der Waals surface area contributed by atoms with E-state index >= 15 is 0 Å². The summed E-state index contributed by atoms with van der Waals surface area (Å²) in [4.78, 5) is 11.9. The quantitative estimate of drug-likeness (QED) is 0.400. The van der Waals surface area contributed by atoms with Crippen molar-refractivity contribution < 1.29 is 30.3 Å². The van der Waals surface area contributed by atoms with E-state index in [2.05, 4.69) is 0 Å². The lowest BCUT2D eigenvalue weighted by atomic mass is 9.64. The van der Waals surface area contributed by atoms with Crippen LogP contribution in [0.15, 0.2) is 12.2 Å². The Kier molecular flexibility index (Phi) is 3.63. The summed E-state index contributed by atoms with van der Waals surface area (Å²) in [5, 5.41) is 29.5. The lowest BCUT2D eigenvalue weighted by Gasteiger charge is -2.40. The molecule has 17 heavy (non-hydrogen) atoms. The molecule has 98 valence electrons. The number of aliphatic hydroxyl groups excluding tert-OH is 3. The molecule has 1 aliphatic carbocycles. The van der Waals surface area contributed by atoms with E-state index in [1.807, 2.05) is 0 Å². The summed E-state index contributed by atoms with van der Waals surface area (Å²) >= 11 is 0. The molecule has 2 aliphatic rings. The molecule has 0 aromatic carbocycles. The van der Waals surface area contributed by atoms with Crippen molar-refractivity contribution in [3.63, 3.8) is 0 Å². The molecular formula is C11H18O6.